The molecule has 0 radical (unpaired) electrons. The largest absolute Gasteiger partial charge is 0.270 e. The maximum absolute atomic E-state index is 12.7. The highest BCUT2D eigenvalue weighted by Crippen LogP contribution is 2.64. The van der Waals surface area contributed by atoms with Crippen LogP contribution < -0.4 is 0 Å². The van der Waals surface area contributed by atoms with E-state index in [1.54, 1.807) is 13.8 Å². The van der Waals surface area contributed by atoms with Gasteiger partial charge in [-0.15, -0.1) is 0 Å². The molecule has 6 unspecified atom stereocenters. The summed E-state index contributed by atoms with van der Waals surface area (Å²) < 4.78 is 0. The zero-order chi connectivity index (χ0) is 25.6. The van der Waals surface area contributed by atoms with E-state index < -0.39 is 17.5 Å². The molecule has 2 amide bonds. The lowest BCUT2D eigenvalue weighted by atomic mass is 9.44. The van der Waals surface area contributed by atoms with Gasteiger partial charge < -0.3 is 0 Å². The third-order valence-corrected chi connectivity index (χ3v) is 11.1. The van der Waals surface area contributed by atoms with Gasteiger partial charge >= 0.3 is 0 Å². The molecule has 1 aliphatic heterocycles. The molecule has 0 aromatic rings. The summed E-state index contributed by atoms with van der Waals surface area (Å²) in [5, 5.41) is 0. The summed E-state index contributed by atoms with van der Waals surface area (Å²) in [4.78, 5) is 50.8. The predicted molar refractivity (Wildman–Crippen MR) is 129 cm³/mol. The minimum atomic E-state index is -1.03. The van der Waals surface area contributed by atoms with Gasteiger partial charge in [-0.25, -0.2) is 9.78 Å². The Morgan fingerprint density at radius 2 is 1.17 bits per heavy atom. The van der Waals surface area contributed by atoms with Gasteiger partial charge in [0.1, 0.15) is 11.2 Å². The van der Waals surface area contributed by atoms with Crippen molar-refractivity contribution < 1.29 is 29.1 Å². The summed E-state index contributed by atoms with van der Waals surface area (Å²) in [6.07, 6.45) is 5.27. The normalized spacial score (nSPS) is 42.1. The van der Waals surface area contributed by atoms with E-state index in [0.29, 0.717) is 23.0 Å². The Labute approximate surface area is 209 Å². The summed E-state index contributed by atoms with van der Waals surface area (Å²) >= 11 is 0. The van der Waals surface area contributed by atoms with Crippen LogP contribution in [0.2, 0.25) is 0 Å². The van der Waals surface area contributed by atoms with Crippen molar-refractivity contribution in [1.82, 2.24) is 4.90 Å². The Bertz CT molecular complexity index is 879. The third kappa shape index (κ3) is 3.75. The van der Waals surface area contributed by atoms with Gasteiger partial charge in [-0.3, -0.25) is 14.5 Å². The Balaban J connectivity index is 1.29. The van der Waals surface area contributed by atoms with Crippen molar-refractivity contribution in [3.05, 3.63) is 11.1 Å². The first-order valence-corrected chi connectivity index (χ1v) is 13.4. The van der Waals surface area contributed by atoms with E-state index in [2.05, 4.69) is 41.5 Å². The van der Waals surface area contributed by atoms with E-state index in [1.807, 2.05) is 0 Å². The van der Waals surface area contributed by atoms with Gasteiger partial charge in [0.2, 0.25) is 6.29 Å². The van der Waals surface area contributed by atoms with Crippen LogP contribution in [0.3, 0.4) is 0 Å². The van der Waals surface area contributed by atoms with Gasteiger partial charge in [0, 0.05) is 11.1 Å². The molecule has 6 aliphatic carbocycles. The van der Waals surface area contributed by atoms with Crippen molar-refractivity contribution in [3.8, 4) is 0 Å². The summed E-state index contributed by atoms with van der Waals surface area (Å²) in [7, 11) is 0. The molecule has 0 spiro atoms. The Hall–Kier alpha value is -1.28. The van der Waals surface area contributed by atoms with E-state index in [-0.39, 0.29) is 29.2 Å². The molecule has 0 N–H and O–H groups in total. The quantitative estimate of drug-likeness (QED) is 0.198. The highest BCUT2D eigenvalue weighted by atomic mass is 17.3. The van der Waals surface area contributed by atoms with Crippen molar-refractivity contribution in [3.63, 3.8) is 0 Å². The van der Waals surface area contributed by atoms with Crippen LogP contribution in [0, 0.1) is 34.5 Å². The molecule has 0 saturated heterocycles. The average Bonchev–Trinajstić information content (AvgIpc) is 2.97. The summed E-state index contributed by atoms with van der Waals surface area (Å²) in [6.45, 7) is 16.7. The summed E-state index contributed by atoms with van der Waals surface area (Å²) in [6, 6.07) is 0. The zero-order valence-corrected chi connectivity index (χ0v) is 22.7. The second kappa shape index (κ2) is 8.11. The number of hydrogen-bond acceptors (Lipinski definition) is 6. The SMILES string of the molecule is CC1=C(C)C(=O)N(CC(OOC2(C)CCC3CC2C3(C)C)OOC2(C)CCC3CC2C3(C)C)C1=O. The first kappa shape index (κ1) is 25.4. The van der Waals surface area contributed by atoms with E-state index >= 15 is 0 Å². The van der Waals surface area contributed by atoms with E-state index in [4.69, 9.17) is 19.6 Å². The second-order valence-corrected chi connectivity index (χ2v) is 13.6. The lowest BCUT2D eigenvalue weighted by molar-refractivity contribution is -0.521. The number of fused-ring (bicyclic) bond motifs is 4. The van der Waals surface area contributed by atoms with Crippen LogP contribution in [0.5, 0.6) is 0 Å². The van der Waals surface area contributed by atoms with E-state index in [9.17, 15) is 9.59 Å². The minimum Gasteiger partial charge on any atom is -0.270 e. The van der Waals surface area contributed by atoms with Gasteiger partial charge in [-0.2, -0.15) is 9.78 Å². The molecule has 0 aromatic carbocycles. The molecule has 7 nitrogen and oxygen atoms in total. The molecule has 6 fully saturated rings. The average molecular weight is 490 g/mol. The molecule has 7 aliphatic rings. The Kier molecular flexibility index (Phi) is 5.88. The molecule has 196 valence electrons. The van der Waals surface area contributed by atoms with Gasteiger partial charge in [0.25, 0.3) is 11.8 Å². The van der Waals surface area contributed by atoms with Gasteiger partial charge in [-0.05, 0) is 101 Å². The number of carbonyl (C=O) groups is 2. The van der Waals surface area contributed by atoms with Gasteiger partial charge in [0.05, 0.1) is 6.54 Å². The molecule has 1 heterocycles. The van der Waals surface area contributed by atoms with E-state index in [1.165, 1.54) is 4.90 Å². The number of nitrogens with zero attached hydrogens (tertiary/aromatic N) is 1. The highest BCUT2D eigenvalue weighted by Gasteiger charge is 2.62. The molecule has 6 atom stereocenters. The summed E-state index contributed by atoms with van der Waals surface area (Å²) in [5.41, 5.74) is 0.452. The Morgan fingerprint density at radius 3 is 1.51 bits per heavy atom. The fraction of sp³-hybridized carbons (Fsp3) is 0.857. The van der Waals surface area contributed by atoms with Crippen LogP contribution in [0.25, 0.3) is 0 Å². The van der Waals surface area contributed by atoms with Gasteiger partial charge in [0.15, 0.2) is 0 Å². The number of imide groups is 1. The topological polar surface area (TPSA) is 74.3 Å². The number of hydrogen-bond donors (Lipinski definition) is 0. The van der Waals surface area contributed by atoms with Crippen LogP contribution in [0.15, 0.2) is 11.1 Å². The number of carbonyl (C=O) groups excluding carboxylic acids is 2. The summed E-state index contributed by atoms with van der Waals surface area (Å²) in [5.74, 6) is 1.61. The molecule has 7 heteroatoms. The lowest BCUT2D eigenvalue weighted by Gasteiger charge is -2.63. The smallest absolute Gasteiger partial charge is 0.257 e. The maximum atomic E-state index is 12.7. The molecule has 6 saturated carbocycles. The predicted octanol–water partition coefficient (Wildman–Crippen LogP) is 5.34. The number of amides is 2. The molecule has 7 rings (SSSR count). The van der Waals surface area contributed by atoms with Crippen LogP contribution in [-0.2, 0) is 29.1 Å². The van der Waals surface area contributed by atoms with Crippen LogP contribution in [-0.4, -0.2) is 40.8 Å². The van der Waals surface area contributed by atoms with Crippen molar-refractivity contribution in [2.75, 3.05) is 6.54 Å². The minimum absolute atomic E-state index is 0.0775. The second-order valence-electron chi connectivity index (χ2n) is 13.6. The van der Waals surface area contributed by atoms with Gasteiger partial charge in [-0.1, -0.05) is 27.7 Å². The van der Waals surface area contributed by atoms with Crippen molar-refractivity contribution in [2.45, 2.75) is 111 Å². The lowest BCUT2D eigenvalue weighted by Crippen LogP contribution is -2.62. The van der Waals surface area contributed by atoms with E-state index in [0.717, 1.165) is 50.4 Å². The highest BCUT2D eigenvalue weighted by molar-refractivity contribution is 6.18. The first-order chi connectivity index (χ1) is 16.2. The van der Waals surface area contributed by atoms with Crippen LogP contribution in [0.1, 0.15) is 93.9 Å². The maximum Gasteiger partial charge on any atom is 0.257 e. The molecule has 0 aromatic heterocycles. The number of rotatable bonds is 8. The fourth-order valence-electron chi connectivity index (χ4n) is 8.09. The standard InChI is InChI=1S/C28H43NO6/c1-16-17(2)24(31)29(23(16)30)15-22(32-34-27(7)11-9-18-13-20(27)25(18,3)4)33-35-28(8)12-10-19-14-21(28)26(19,5)6/h18-22H,9-15H2,1-8H3. The fourth-order valence-corrected chi connectivity index (χ4v) is 8.09. The molecule has 4 bridgehead atoms. The van der Waals surface area contributed by atoms with Crippen LogP contribution >= 0.6 is 0 Å². The van der Waals surface area contributed by atoms with Crippen molar-refractivity contribution in [2.24, 2.45) is 34.5 Å². The molecular formula is C28H43NO6. The van der Waals surface area contributed by atoms with Crippen molar-refractivity contribution >= 4 is 11.8 Å². The Morgan fingerprint density at radius 1 is 0.771 bits per heavy atom. The molecule has 35 heavy (non-hydrogen) atoms. The zero-order valence-electron chi connectivity index (χ0n) is 22.7. The third-order valence-electron chi connectivity index (χ3n) is 11.1. The monoisotopic (exact) mass is 489 g/mol. The first-order valence-electron chi connectivity index (χ1n) is 13.4. The molecular weight excluding hydrogens is 446 g/mol. The van der Waals surface area contributed by atoms with Crippen molar-refractivity contribution in [1.29, 1.82) is 0 Å². The van der Waals surface area contributed by atoms with Crippen LogP contribution in [0.4, 0.5) is 0 Å².